The largest absolute Gasteiger partial charge is 0.497 e. The molecule has 32 heavy (non-hydrogen) atoms. The van der Waals surface area contributed by atoms with Crippen LogP contribution in [0.5, 0.6) is 5.75 Å². The van der Waals surface area contributed by atoms with E-state index in [1.165, 1.54) is 23.1 Å². The minimum atomic E-state index is -0.365. The number of ether oxygens (including phenoxy) is 1. The first kappa shape index (κ1) is 21.7. The quantitative estimate of drug-likeness (QED) is 0.301. The fourth-order valence-corrected chi connectivity index (χ4v) is 4.19. The smallest absolute Gasteiger partial charge is 0.279 e. The molecule has 0 spiro atoms. The van der Waals surface area contributed by atoms with E-state index in [1.807, 2.05) is 34.9 Å². The molecule has 0 radical (unpaired) electrons. The van der Waals surface area contributed by atoms with Gasteiger partial charge in [-0.25, -0.2) is 0 Å². The molecular weight excluding hydrogens is 450 g/mol. The molecule has 2 amide bonds. The lowest BCUT2D eigenvalue weighted by Gasteiger charge is -2.10. The minimum absolute atomic E-state index is 0.0408. The summed E-state index contributed by atoms with van der Waals surface area (Å²) in [6.45, 7) is 0.394. The van der Waals surface area contributed by atoms with Gasteiger partial charge in [0, 0.05) is 5.56 Å². The second-order valence-electron chi connectivity index (χ2n) is 6.47. The number of aromatic nitrogens is 3. The Morgan fingerprint density at radius 2 is 2.06 bits per heavy atom. The predicted molar refractivity (Wildman–Crippen MR) is 120 cm³/mol. The van der Waals surface area contributed by atoms with Gasteiger partial charge < -0.3 is 9.15 Å². The number of nitrogens with one attached hydrogen (secondary N) is 2. The van der Waals surface area contributed by atoms with Crippen LogP contribution >= 0.6 is 23.1 Å². The zero-order valence-corrected chi connectivity index (χ0v) is 18.6. The number of thioether (sulfide) groups is 1. The number of thiophene rings is 1. The van der Waals surface area contributed by atoms with Crippen LogP contribution in [-0.4, -0.2) is 39.4 Å². The Hall–Kier alpha value is -3.57. The molecular formula is C21H19N5O4S2. The van der Waals surface area contributed by atoms with Crippen molar-refractivity contribution in [2.24, 2.45) is 0 Å². The lowest BCUT2D eigenvalue weighted by Crippen LogP contribution is -2.42. The standard InChI is InChI=1S/C21H19N5O4S2/c1-29-15-6-2-5-14(11-15)19-23-25-21(26(19)12-16-7-3-9-30-16)32-13-18(27)22-24-20(28)17-8-4-10-31-17/h2-11H,12-13H2,1H3,(H,22,27)(H,24,28). The first-order valence-electron chi connectivity index (χ1n) is 9.49. The molecule has 0 unspecified atom stereocenters. The van der Waals surface area contributed by atoms with Gasteiger partial charge in [-0.3, -0.25) is 25.0 Å². The summed E-state index contributed by atoms with van der Waals surface area (Å²) < 4.78 is 12.7. The number of hydrogen-bond donors (Lipinski definition) is 2. The second kappa shape index (κ2) is 10.2. The molecule has 0 fully saturated rings. The molecule has 0 atom stereocenters. The van der Waals surface area contributed by atoms with Crippen molar-refractivity contribution in [3.8, 4) is 17.1 Å². The van der Waals surface area contributed by atoms with Crippen molar-refractivity contribution >= 4 is 34.9 Å². The first-order valence-corrected chi connectivity index (χ1v) is 11.4. The maximum Gasteiger partial charge on any atom is 0.279 e. The van der Waals surface area contributed by atoms with E-state index in [9.17, 15) is 9.59 Å². The maximum absolute atomic E-state index is 12.2. The first-order chi connectivity index (χ1) is 15.6. The molecule has 9 nitrogen and oxygen atoms in total. The van der Waals surface area contributed by atoms with E-state index in [-0.39, 0.29) is 17.6 Å². The number of rotatable bonds is 8. The van der Waals surface area contributed by atoms with Gasteiger partial charge in [-0.05, 0) is 35.7 Å². The summed E-state index contributed by atoms with van der Waals surface area (Å²) >= 11 is 2.50. The Balaban J connectivity index is 1.47. The Labute approximate surface area is 191 Å². The minimum Gasteiger partial charge on any atom is -0.497 e. The van der Waals surface area contributed by atoms with E-state index < -0.39 is 0 Å². The van der Waals surface area contributed by atoms with Crippen LogP contribution in [0.1, 0.15) is 15.4 Å². The highest BCUT2D eigenvalue weighted by Gasteiger charge is 2.18. The molecule has 11 heteroatoms. The van der Waals surface area contributed by atoms with Gasteiger partial charge >= 0.3 is 0 Å². The van der Waals surface area contributed by atoms with Crippen LogP contribution < -0.4 is 15.6 Å². The molecule has 0 saturated heterocycles. The van der Waals surface area contributed by atoms with Crippen LogP contribution in [0.25, 0.3) is 11.4 Å². The molecule has 0 aliphatic rings. The number of benzene rings is 1. The van der Waals surface area contributed by atoms with E-state index in [1.54, 1.807) is 37.0 Å². The van der Waals surface area contributed by atoms with Crippen molar-refractivity contribution in [2.75, 3.05) is 12.9 Å². The van der Waals surface area contributed by atoms with E-state index >= 15 is 0 Å². The van der Waals surface area contributed by atoms with Gasteiger partial charge in [0.25, 0.3) is 5.91 Å². The van der Waals surface area contributed by atoms with Crippen LogP contribution in [0.15, 0.2) is 69.7 Å². The predicted octanol–water partition coefficient (Wildman–Crippen LogP) is 3.21. The number of methoxy groups -OCH3 is 1. The molecule has 3 aromatic heterocycles. The van der Waals surface area contributed by atoms with Crippen molar-refractivity contribution in [1.82, 2.24) is 25.6 Å². The third-order valence-corrected chi connectivity index (χ3v) is 6.17. The molecule has 4 aromatic rings. The second-order valence-corrected chi connectivity index (χ2v) is 8.36. The monoisotopic (exact) mass is 469 g/mol. The summed E-state index contributed by atoms with van der Waals surface area (Å²) in [7, 11) is 1.60. The summed E-state index contributed by atoms with van der Waals surface area (Å²) in [6.07, 6.45) is 1.60. The summed E-state index contributed by atoms with van der Waals surface area (Å²) in [4.78, 5) is 24.7. The van der Waals surface area contributed by atoms with Gasteiger partial charge in [0.05, 0.1) is 30.5 Å². The fourth-order valence-electron chi connectivity index (χ4n) is 2.83. The molecule has 0 saturated carbocycles. The van der Waals surface area contributed by atoms with Crippen molar-refractivity contribution < 1.29 is 18.7 Å². The van der Waals surface area contributed by atoms with E-state index in [0.717, 1.165) is 11.3 Å². The van der Waals surface area contributed by atoms with Crippen molar-refractivity contribution in [2.45, 2.75) is 11.7 Å². The number of carbonyl (C=O) groups is 2. The third-order valence-electron chi connectivity index (χ3n) is 4.33. The molecule has 0 bridgehead atoms. The van der Waals surface area contributed by atoms with Crippen LogP contribution in [0, 0.1) is 0 Å². The van der Waals surface area contributed by atoms with Crippen molar-refractivity contribution in [1.29, 1.82) is 0 Å². The Bertz CT molecular complexity index is 1190. The van der Waals surface area contributed by atoms with Crippen LogP contribution in [0.3, 0.4) is 0 Å². The van der Waals surface area contributed by atoms with Gasteiger partial charge in [-0.15, -0.1) is 21.5 Å². The third kappa shape index (κ3) is 5.18. The average molecular weight is 470 g/mol. The molecule has 4 rings (SSSR count). The normalized spacial score (nSPS) is 10.7. The Morgan fingerprint density at radius 1 is 1.16 bits per heavy atom. The number of hydrogen-bond acceptors (Lipinski definition) is 8. The van der Waals surface area contributed by atoms with E-state index in [0.29, 0.717) is 28.2 Å². The fraction of sp³-hybridized carbons (Fsp3) is 0.143. The highest BCUT2D eigenvalue weighted by molar-refractivity contribution is 7.99. The van der Waals surface area contributed by atoms with E-state index in [4.69, 9.17) is 9.15 Å². The molecule has 0 aliphatic heterocycles. The lowest BCUT2D eigenvalue weighted by atomic mass is 10.2. The zero-order valence-electron chi connectivity index (χ0n) is 17.0. The van der Waals surface area contributed by atoms with Gasteiger partial charge in [0.15, 0.2) is 11.0 Å². The number of carbonyl (C=O) groups excluding carboxylic acids is 2. The SMILES string of the molecule is COc1cccc(-c2nnc(SCC(=O)NNC(=O)c3cccs3)n2Cc2ccco2)c1. The Kier molecular flexibility index (Phi) is 6.87. The summed E-state index contributed by atoms with van der Waals surface area (Å²) in [5, 5.41) is 10.9. The number of hydrazine groups is 1. The van der Waals surface area contributed by atoms with Gasteiger partial charge in [0.2, 0.25) is 5.91 Å². The molecule has 0 aliphatic carbocycles. The average Bonchev–Trinajstić information content (AvgIpc) is 3.59. The highest BCUT2D eigenvalue weighted by Crippen LogP contribution is 2.27. The molecule has 164 valence electrons. The van der Waals surface area contributed by atoms with Gasteiger partial charge in [-0.1, -0.05) is 30.0 Å². The van der Waals surface area contributed by atoms with Crippen LogP contribution in [0.4, 0.5) is 0 Å². The number of nitrogens with zero attached hydrogens (tertiary/aromatic N) is 3. The topological polar surface area (TPSA) is 111 Å². The summed E-state index contributed by atoms with van der Waals surface area (Å²) in [5.74, 6) is 1.36. The zero-order chi connectivity index (χ0) is 22.3. The molecule has 1 aromatic carbocycles. The summed E-state index contributed by atoms with van der Waals surface area (Å²) in [5.41, 5.74) is 5.64. The maximum atomic E-state index is 12.2. The number of amides is 2. The van der Waals surface area contributed by atoms with Crippen molar-refractivity contribution in [3.05, 3.63) is 70.8 Å². The highest BCUT2D eigenvalue weighted by atomic mass is 32.2. The molecule has 3 heterocycles. The van der Waals surface area contributed by atoms with Crippen molar-refractivity contribution in [3.63, 3.8) is 0 Å². The van der Waals surface area contributed by atoms with Gasteiger partial charge in [0.1, 0.15) is 11.5 Å². The number of furan rings is 1. The van der Waals surface area contributed by atoms with Crippen LogP contribution in [0.2, 0.25) is 0 Å². The van der Waals surface area contributed by atoms with E-state index in [2.05, 4.69) is 21.0 Å². The Morgan fingerprint density at radius 3 is 2.81 bits per heavy atom. The van der Waals surface area contributed by atoms with Crippen LogP contribution in [-0.2, 0) is 11.3 Å². The van der Waals surface area contributed by atoms with Gasteiger partial charge in [-0.2, -0.15) is 0 Å². The molecule has 2 N–H and O–H groups in total. The summed E-state index contributed by atoms with van der Waals surface area (Å²) in [6, 6.07) is 14.6. The lowest BCUT2D eigenvalue weighted by molar-refractivity contribution is -0.119.